The lowest BCUT2D eigenvalue weighted by molar-refractivity contribution is -0.124. The SMILES string of the molecule is Cc1ccc(CNC(=O)[C@@H](N)C(C)(C)C)c(OC(C)(C)C)c1.Cl. The van der Waals surface area contributed by atoms with E-state index in [9.17, 15) is 4.79 Å². The first-order chi connectivity index (χ1) is 9.90. The molecule has 3 N–H and O–H groups in total. The van der Waals surface area contributed by atoms with Crippen LogP contribution in [-0.4, -0.2) is 17.6 Å². The number of hydrogen-bond donors (Lipinski definition) is 2. The molecule has 23 heavy (non-hydrogen) atoms. The van der Waals surface area contributed by atoms with Gasteiger partial charge in [0, 0.05) is 12.1 Å². The third kappa shape index (κ3) is 7.23. The van der Waals surface area contributed by atoms with E-state index in [0.717, 1.165) is 16.9 Å². The van der Waals surface area contributed by atoms with E-state index >= 15 is 0 Å². The quantitative estimate of drug-likeness (QED) is 0.878. The number of hydrogen-bond acceptors (Lipinski definition) is 3. The minimum Gasteiger partial charge on any atom is -0.488 e. The highest BCUT2D eigenvalue weighted by Gasteiger charge is 2.27. The van der Waals surface area contributed by atoms with Crippen molar-refractivity contribution in [2.75, 3.05) is 0 Å². The molecule has 0 saturated carbocycles. The molecule has 1 aromatic rings. The molecule has 0 radical (unpaired) electrons. The van der Waals surface area contributed by atoms with Crippen molar-refractivity contribution in [2.24, 2.45) is 11.1 Å². The Morgan fingerprint density at radius 2 is 1.78 bits per heavy atom. The molecule has 0 heterocycles. The van der Waals surface area contributed by atoms with Crippen molar-refractivity contribution < 1.29 is 9.53 Å². The van der Waals surface area contributed by atoms with Crippen molar-refractivity contribution >= 4 is 18.3 Å². The topological polar surface area (TPSA) is 64.4 Å². The number of nitrogens with two attached hydrogens (primary N) is 1. The number of amides is 1. The fourth-order valence-electron chi connectivity index (χ4n) is 1.92. The molecule has 0 saturated heterocycles. The summed E-state index contributed by atoms with van der Waals surface area (Å²) in [6.45, 7) is 14.3. The maximum Gasteiger partial charge on any atom is 0.237 e. The second kappa shape index (κ2) is 8.02. The Balaban J connectivity index is 0.00000484. The molecular formula is C18H31ClN2O2. The van der Waals surface area contributed by atoms with Gasteiger partial charge < -0.3 is 15.8 Å². The second-order valence-electron chi connectivity index (χ2n) is 7.89. The molecular weight excluding hydrogens is 312 g/mol. The highest BCUT2D eigenvalue weighted by molar-refractivity contribution is 5.85. The summed E-state index contributed by atoms with van der Waals surface area (Å²) >= 11 is 0. The third-order valence-corrected chi connectivity index (χ3v) is 3.31. The molecule has 0 fully saturated rings. The Morgan fingerprint density at radius 3 is 2.26 bits per heavy atom. The van der Waals surface area contributed by atoms with Crippen LogP contribution in [0.5, 0.6) is 5.75 Å². The van der Waals surface area contributed by atoms with Gasteiger partial charge >= 0.3 is 0 Å². The smallest absolute Gasteiger partial charge is 0.237 e. The molecule has 1 atom stereocenters. The molecule has 0 aliphatic rings. The Labute approximate surface area is 146 Å². The molecule has 0 spiro atoms. The van der Waals surface area contributed by atoms with E-state index in [1.165, 1.54) is 0 Å². The summed E-state index contributed by atoms with van der Waals surface area (Å²) in [4.78, 5) is 12.1. The van der Waals surface area contributed by atoms with Gasteiger partial charge in [-0.3, -0.25) is 4.79 Å². The van der Waals surface area contributed by atoms with Crippen molar-refractivity contribution in [1.29, 1.82) is 0 Å². The first-order valence-electron chi connectivity index (χ1n) is 7.72. The normalized spacial score (nSPS) is 13.0. The number of benzene rings is 1. The summed E-state index contributed by atoms with van der Waals surface area (Å²) in [6.07, 6.45) is 0. The monoisotopic (exact) mass is 342 g/mol. The third-order valence-electron chi connectivity index (χ3n) is 3.31. The summed E-state index contributed by atoms with van der Waals surface area (Å²) in [7, 11) is 0. The highest BCUT2D eigenvalue weighted by atomic mass is 35.5. The summed E-state index contributed by atoms with van der Waals surface area (Å²) in [6, 6.07) is 5.46. The van der Waals surface area contributed by atoms with Crippen LogP contribution >= 0.6 is 12.4 Å². The minimum atomic E-state index is -0.537. The van der Waals surface area contributed by atoms with Gasteiger partial charge in [0.1, 0.15) is 11.4 Å². The van der Waals surface area contributed by atoms with Crippen LogP contribution in [0.2, 0.25) is 0 Å². The molecule has 0 aliphatic heterocycles. The zero-order chi connectivity index (χ0) is 17.1. The zero-order valence-corrected chi connectivity index (χ0v) is 16.1. The molecule has 4 nitrogen and oxygen atoms in total. The molecule has 1 rings (SSSR count). The van der Waals surface area contributed by atoms with Crippen LogP contribution in [-0.2, 0) is 11.3 Å². The lowest BCUT2D eigenvalue weighted by atomic mass is 9.87. The maximum absolute atomic E-state index is 12.1. The van der Waals surface area contributed by atoms with E-state index in [1.54, 1.807) is 0 Å². The van der Waals surface area contributed by atoms with Gasteiger partial charge in [0.15, 0.2) is 0 Å². The molecule has 0 unspecified atom stereocenters. The average Bonchev–Trinajstić information content (AvgIpc) is 2.33. The first kappa shape index (κ1) is 21.7. The van der Waals surface area contributed by atoms with Gasteiger partial charge in [-0.25, -0.2) is 0 Å². The van der Waals surface area contributed by atoms with Crippen molar-refractivity contribution in [3.8, 4) is 5.75 Å². The van der Waals surface area contributed by atoms with Gasteiger partial charge in [-0.05, 0) is 44.7 Å². The number of aryl methyl sites for hydroxylation is 1. The van der Waals surface area contributed by atoms with Crippen LogP contribution in [0, 0.1) is 12.3 Å². The van der Waals surface area contributed by atoms with Gasteiger partial charge in [0.25, 0.3) is 0 Å². The second-order valence-corrected chi connectivity index (χ2v) is 7.89. The highest BCUT2D eigenvalue weighted by Crippen LogP contribution is 2.25. The van der Waals surface area contributed by atoms with E-state index < -0.39 is 6.04 Å². The number of rotatable bonds is 4. The molecule has 5 heteroatoms. The number of ether oxygens (including phenoxy) is 1. The predicted molar refractivity (Wildman–Crippen MR) is 98.1 cm³/mol. The Bertz CT molecular complexity index is 531. The van der Waals surface area contributed by atoms with Crippen molar-refractivity contribution in [3.05, 3.63) is 29.3 Å². The van der Waals surface area contributed by atoms with E-state index in [4.69, 9.17) is 10.5 Å². The summed E-state index contributed by atoms with van der Waals surface area (Å²) < 4.78 is 5.99. The van der Waals surface area contributed by atoms with Crippen molar-refractivity contribution in [1.82, 2.24) is 5.32 Å². The molecule has 132 valence electrons. The number of halogens is 1. The number of nitrogens with one attached hydrogen (secondary N) is 1. The van der Waals surface area contributed by atoms with Crippen LogP contribution in [0.25, 0.3) is 0 Å². The van der Waals surface area contributed by atoms with Crippen LogP contribution in [0.4, 0.5) is 0 Å². The zero-order valence-electron chi connectivity index (χ0n) is 15.3. The average molecular weight is 343 g/mol. The number of carbonyl (C=O) groups is 1. The fourth-order valence-corrected chi connectivity index (χ4v) is 1.92. The van der Waals surface area contributed by atoms with Crippen LogP contribution in [0.3, 0.4) is 0 Å². The van der Waals surface area contributed by atoms with Crippen LogP contribution in [0.1, 0.15) is 52.7 Å². The largest absolute Gasteiger partial charge is 0.488 e. The Hall–Kier alpha value is -1.26. The fraction of sp³-hybridized carbons (Fsp3) is 0.611. The van der Waals surface area contributed by atoms with Gasteiger partial charge in [-0.15, -0.1) is 12.4 Å². The summed E-state index contributed by atoms with van der Waals surface area (Å²) in [5.74, 6) is 0.659. The van der Waals surface area contributed by atoms with E-state index in [-0.39, 0.29) is 29.3 Å². The van der Waals surface area contributed by atoms with Crippen LogP contribution < -0.4 is 15.8 Å². The first-order valence-corrected chi connectivity index (χ1v) is 7.72. The van der Waals surface area contributed by atoms with Crippen LogP contribution in [0.15, 0.2) is 18.2 Å². The van der Waals surface area contributed by atoms with E-state index in [0.29, 0.717) is 6.54 Å². The molecule has 0 bridgehead atoms. The van der Waals surface area contributed by atoms with Gasteiger partial charge in [0.2, 0.25) is 5.91 Å². The van der Waals surface area contributed by atoms with Gasteiger partial charge in [-0.2, -0.15) is 0 Å². The van der Waals surface area contributed by atoms with Gasteiger partial charge in [0.05, 0.1) is 6.04 Å². The van der Waals surface area contributed by atoms with E-state index in [2.05, 4.69) is 5.32 Å². The van der Waals surface area contributed by atoms with Gasteiger partial charge in [-0.1, -0.05) is 32.9 Å². The number of carbonyl (C=O) groups excluding carboxylic acids is 1. The minimum absolute atomic E-state index is 0. The van der Waals surface area contributed by atoms with E-state index in [1.807, 2.05) is 66.7 Å². The maximum atomic E-state index is 12.1. The van der Waals surface area contributed by atoms with Crippen molar-refractivity contribution in [2.45, 2.75) is 66.7 Å². The summed E-state index contributed by atoms with van der Waals surface area (Å²) in [5, 5.41) is 2.91. The van der Waals surface area contributed by atoms with Crippen molar-refractivity contribution in [3.63, 3.8) is 0 Å². The molecule has 1 amide bonds. The predicted octanol–water partition coefficient (Wildman–Crippen LogP) is 3.58. The summed E-state index contributed by atoms with van der Waals surface area (Å²) in [5.41, 5.74) is 7.51. The lowest BCUT2D eigenvalue weighted by Crippen LogP contribution is -2.48. The molecule has 1 aromatic carbocycles. The Morgan fingerprint density at radius 1 is 1.22 bits per heavy atom. The lowest BCUT2D eigenvalue weighted by Gasteiger charge is -2.27. The Kier molecular flexibility index (Phi) is 7.58. The molecule has 0 aliphatic carbocycles. The molecule has 0 aromatic heterocycles. The standard InChI is InChI=1S/C18H30N2O2.ClH/c1-12-8-9-13(14(10-12)22-18(5,6)7)11-20-16(21)15(19)17(2,3)4;/h8-10,15H,11,19H2,1-7H3,(H,20,21);1H/t15-;/m1./s1.